The zero-order chi connectivity index (χ0) is 19.5. The lowest BCUT2D eigenvalue weighted by Crippen LogP contribution is -2.60. The van der Waals surface area contributed by atoms with Crippen molar-refractivity contribution in [2.75, 3.05) is 37.8 Å². The predicted octanol–water partition coefficient (Wildman–Crippen LogP) is 1.45. The fraction of sp³-hybridized carbons (Fsp3) is 0.579. The van der Waals surface area contributed by atoms with Crippen molar-refractivity contribution in [1.82, 2.24) is 10.2 Å². The van der Waals surface area contributed by atoms with Crippen molar-refractivity contribution in [1.29, 1.82) is 0 Å². The van der Waals surface area contributed by atoms with Crippen molar-refractivity contribution in [2.45, 2.75) is 30.4 Å². The van der Waals surface area contributed by atoms with Crippen LogP contribution in [0.4, 0.5) is 5.69 Å². The summed E-state index contributed by atoms with van der Waals surface area (Å²) in [5.74, 6) is -0.803. The topological polar surface area (TPSA) is 95.6 Å². The summed E-state index contributed by atoms with van der Waals surface area (Å²) >= 11 is 0. The maximum absolute atomic E-state index is 13.2. The van der Waals surface area contributed by atoms with Crippen LogP contribution in [0.1, 0.15) is 25.7 Å². The molecule has 0 aromatic heterocycles. The number of carbonyl (C=O) groups is 2. The molecule has 7 nitrogen and oxygen atoms in total. The molecule has 1 unspecified atom stereocenters. The number of hydrogen-bond donors (Lipinski definition) is 2. The number of nitrogens with one attached hydrogen (secondary N) is 2. The number of para-hydroxylation sites is 1. The van der Waals surface area contributed by atoms with Crippen molar-refractivity contribution in [2.24, 2.45) is 5.92 Å². The third-order valence-corrected chi connectivity index (χ3v) is 7.63. The van der Waals surface area contributed by atoms with Gasteiger partial charge in [-0.25, -0.2) is 8.42 Å². The summed E-state index contributed by atoms with van der Waals surface area (Å²) in [6.45, 7) is 1.77. The molecule has 9 heteroatoms. The Morgan fingerprint density at radius 2 is 1.82 bits per heavy atom. The zero-order valence-electron chi connectivity index (χ0n) is 16.0. The maximum Gasteiger partial charge on any atom is 0.244 e. The molecule has 2 aliphatic rings. The van der Waals surface area contributed by atoms with Gasteiger partial charge >= 0.3 is 0 Å². The van der Waals surface area contributed by atoms with E-state index in [0.717, 1.165) is 11.9 Å². The Labute approximate surface area is 172 Å². The number of rotatable bonds is 4. The standard InChI is InChI=1S/C19H27N3O4S.ClH/c1-27(25,26)19(9-11-20-12-10-19)18(24)22-13-5-6-15(14-22)17(23)21-16-7-3-2-4-8-16;/h2-4,7-8,15,20H,5-6,9-14H2,1H3,(H,21,23);1H. The second-order valence-corrected chi connectivity index (χ2v) is 9.79. The van der Waals surface area contributed by atoms with Crippen LogP contribution in [0.2, 0.25) is 0 Å². The SMILES string of the molecule is CS(=O)(=O)C1(C(=O)N2CCCC(C(=O)Nc3ccccc3)C2)CCNCC1.Cl. The van der Waals surface area contributed by atoms with Crippen LogP contribution >= 0.6 is 12.4 Å². The lowest BCUT2D eigenvalue weighted by Gasteiger charge is -2.41. The number of piperidine rings is 2. The Bertz CT molecular complexity index is 795. The molecule has 2 saturated heterocycles. The fourth-order valence-electron chi connectivity index (χ4n) is 4.00. The van der Waals surface area contributed by atoms with Crippen molar-refractivity contribution in [3.8, 4) is 0 Å². The predicted molar refractivity (Wildman–Crippen MR) is 111 cm³/mol. The summed E-state index contributed by atoms with van der Waals surface area (Å²) in [4.78, 5) is 27.4. The van der Waals surface area contributed by atoms with E-state index in [1.54, 1.807) is 4.90 Å². The third kappa shape index (κ3) is 4.67. The highest BCUT2D eigenvalue weighted by Crippen LogP contribution is 2.32. The first-order chi connectivity index (χ1) is 12.8. The molecule has 2 N–H and O–H groups in total. The van der Waals surface area contributed by atoms with Gasteiger partial charge in [0.15, 0.2) is 14.6 Å². The second-order valence-electron chi connectivity index (χ2n) is 7.46. The molecule has 1 atom stereocenters. The normalized spacial score (nSPS) is 22.0. The van der Waals surface area contributed by atoms with Crippen LogP contribution in [0.5, 0.6) is 0 Å². The van der Waals surface area contributed by atoms with Crippen LogP contribution in [0.15, 0.2) is 30.3 Å². The van der Waals surface area contributed by atoms with Gasteiger partial charge in [0, 0.05) is 25.0 Å². The van der Waals surface area contributed by atoms with Gasteiger partial charge in [-0.15, -0.1) is 12.4 Å². The van der Waals surface area contributed by atoms with Crippen LogP contribution in [-0.2, 0) is 19.4 Å². The number of carbonyl (C=O) groups excluding carboxylic acids is 2. The first kappa shape index (κ1) is 22.6. The van der Waals surface area contributed by atoms with E-state index in [1.807, 2.05) is 30.3 Å². The van der Waals surface area contributed by atoms with E-state index in [4.69, 9.17) is 0 Å². The van der Waals surface area contributed by atoms with Gasteiger partial charge in [-0.2, -0.15) is 0 Å². The first-order valence-corrected chi connectivity index (χ1v) is 11.3. The summed E-state index contributed by atoms with van der Waals surface area (Å²) in [6, 6.07) is 9.20. The zero-order valence-corrected chi connectivity index (χ0v) is 17.7. The molecule has 0 bridgehead atoms. The molecule has 2 heterocycles. The number of hydrogen-bond acceptors (Lipinski definition) is 5. The lowest BCUT2D eigenvalue weighted by molar-refractivity contribution is -0.137. The van der Waals surface area contributed by atoms with E-state index in [9.17, 15) is 18.0 Å². The van der Waals surface area contributed by atoms with E-state index in [2.05, 4.69) is 10.6 Å². The molecule has 0 saturated carbocycles. The molecular weight excluding hydrogens is 402 g/mol. The smallest absolute Gasteiger partial charge is 0.244 e. The molecule has 1 aromatic carbocycles. The van der Waals surface area contributed by atoms with E-state index in [0.29, 0.717) is 32.5 Å². The number of halogens is 1. The summed E-state index contributed by atoms with van der Waals surface area (Å²) in [6.07, 6.45) is 3.09. The quantitative estimate of drug-likeness (QED) is 0.755. The molecule has 156 valence electrons. The highest BCUT2D eigenvalue weighted by atomic mass is 35.5. The number of anilines is 1. The third-order valence-electron chi connectivity index (χ3n) is 5.63. The second kappa shape index (κ2) is 9.24. The lowest BCUT2D eigenvalue weighted by atomic mass is 9.91. The Morgan fingerprint density at radius 3 is 2.43 bits per heavy atom. The number of benzene rings is 1. The van der Waals surface area contributed by atoms with E-state index >= 15 is 0 Å². The Kier molecular flexibility index (Phi) is 7.47. The number of amides is 2. The van der Waals surface area contributed by atoms with Gasteiger partial charge in [-0.05, 0) is 50.9 Å². The first-order valence-electron chi connectivity index (χ1n) is 9.39. The van der Waals surface area contributed by atoms with E-state index in [-0.39, 0.29) is 49.5 Å². The monoisotopic (exact) mass is 429 g/mol. The van der Waals surface area contributed by atoms with Crippen LogP contribution in [0.25, 0.3) is 0 Å². The van der Waals surface area contributed by atoms with Crippen LogP contribution in [0.3, 0.4) is 0 Å². The van der Waals surface area contributed by atoms with E-state index < -0.39 is 14.6 Å². The molecule has 2 aliphatic heterocycles. The molecular formula is C19H28ClN3O4S. The Morgan fingerprint density at radius 1 is 1.18 bits per heavy atom. The molecule has 0 radical (unpaired) electrons. The summed E-state index contributed by atoms with van der Waals surface area (Å²) in [5, 5.41) is 6.01. The average molecular weight is 430 g/mol. The van der Waals surface area contributed by atoms with Gasteiger partial charge in [0.2, 0.25) is 11.8 Å². The molecule has 2 amide bonds. The van der Waals surface area contributed by atoms with Gasteiger partial charge in [-0.1, -0.05) is 18.2 Å². The largest absolute Gasteiger partial charge is 0.341 e. The maximum atomic E-state index is 13.2. The molecule has 1 aromatic rings. The minimum atomic E-state index is -3.55. The van der Waals surface area contributed by atoms with Crippen LogP contribution in [0, 0.1) is 5.92 Å². The molecule has 3 rings (SSSR count). The minimum Gasteiger partial charge on any atom is -0.341 e. The van der Waals surface area contributed by atoms with Gasteiger partial charge in [0.25, 0.3) is 0 Å². The molecule has 0 spiro atoms. The summed E-state index contributed by atoms with van der Waals surface area (Å²) in [7, 11) is -3.55. The van der Waals surface area contributed by atoms with Crippen molar-refractivity contribution < 1.29 is 18.0 Å². The number of sulfone groups is 1. The van der Waals surface area contributed by atoms with Gasteiger partial charge in [-0.3, -0.25) is 9.59 Å². The van der Waals surface area contributed by atoms with Crippen LogP contribution in [-0.4, -0.2) is 62.3 Å². The van der Waals surface area contributed by atoms with Crippen molar-refractivity contribution in [3.63, 3.8) is 0 Å². The van der Waals surface area contributed by atoms with Crippen molar-refractivity contribution >= 4 is 39.7 Å². The van der Waals surface area contributed by atoms with Crippen LogP contribution < -0.4 is 10.6 Å². The highest BCUT2D eigenvalue weighted by Gasteiger charge is 2.51. The summed E-state index contributed by atoms with van der Waals surface area (Å²) < 4.78 is 23.6. The minimum absolute atomic E-state index is 0. The Balaban J connectivity index is 0.00000280. The van der Waals surface area contributed by atoms with E-state index in [1.165, 1.54) is 0 Å². The number of likely N-dealkylation sites (tertiary alicyclic amines) is 1. The molecule has 0 aliphatic carbocycles. The Hall–Kier alpha value is -1.64. The molecule has 2 fully saturated rings. The average Bonchev–Trinajstić information content (AvgIpc) is 2.68. The fourth-order valence-corrected chi connectivity index (χ4v) is 5.40. The highest BCUT2D eigenvalue weighted by molar-refractivity contribution is 7.92. The van der Waals surface area contributed by atoms with Crippen molar-refractivity contribution in [3.05, 3.63) is 30.3 Å². The van der Waals surface area contributed by atoms with Gasteiger partial charge < -0.3 is 15.5 Å². The van der Waals surface area contributed by atoms with Gasteiger partial charge in [0.1, 0.15) is 0 Å². The summed E-state index contributed by atoms with van der Waals surface area (Å²) in [5.41, 5.74) is 0.719. The molecule has 28 heavy (non-hydrogen) atoms. The number of nitrogens with zero attached hydrogens (tertiary/aromatic N) is 1. The van der Waals surface area contributed by atoms with Gasteiger partial charge in [0.05, 0.1) is 5.92 Å².